The monoisotopic (exact) mass is 478 g/mol. The molecular weight excluding hydrogens is 461 g/mol. The number of aromatic nitrogens is 2. The van der Waals surface area contributed by atoms with Crippen molar-refractivity contribution in [3.63, 3.8) is 0 Å². The molecule has 1 aromatic heterocycles. The second kappa shape index (κ2) is 8.75. The number of allylic oxidation sites excluding steroid dienone is 1. The summed E-state index contributed by atoms with van der Waals surface area (Å²) in [4.78, 5) is 6.02. The Hall–Kier alpha value is -3.98. The van der Waals surface area contributed by atoms with Gasteiger partial charge in [0.2, 0.25) is 5.82 Å². The maximum Gasteiger partial charge on any atom is 0.258 e. The maximum atomic E-state index is 14.0. The van der Waals surface area contributed by atoms with Crippen molar-refractivity contribution in [3.8, 4) is 11.4 Å². The topological polar surface area (TPSA) is 54.2 Å². The van der Waals surface area contributed by atoms with Gasteiger partial charge in [0.1, 0.15) is 17.5 Å². The SMILES string of the molecule is CC1=C(c2nc(-c3cccc(F)c3)no2)C(c2ccccc2)NC(=S)N1c1cc(F)cc(F)c1. The van der Waals surface area contributed by atoms with E-state index in [2.05, 4.69) is 15.5 Å². The number of nitrogens with zero attached hydrogens (tertiary/aromatic N) is 3. The van der Waals surface area contributed by atoms with Crippen LogP contribution in [-0.2, 0) is 0 Å². The van der Waals surface area contributed by atoms with E-state index >= 15 is 0 Å². The van der Waals surface area contributed by atoms with Crippen LogP contribution in [0.2, 0.25) is 0 Å². The lowest BCUT2D eigenvalue weighted by atomic mass is 9.94. The molecule has 0 aliphatic carbocycles. The first kappa shape index (κ1) is 21.8. The first-order valence-electron chi connectivity index (χ1n) is 10.3. The average Bonchev–Trinajstić information content (AvgIpc) is 3.28. The predicted molar refractivity (Wildman–Crippen MR) is 126 cm³/mol. The van der Waals surface area contributed by atoms with E-state index < -0.39 is 23.5 Å². The molecule has 34 heavy (non-hydrogen) atoms. The van der Waals surface area contributed by atoms with Gasteiger partial charge in [-0.15, -0.1) is 0 Å². The highest BCUT2D eigenvalue weighted by atomic mass is 32.1. The minimum Gasteiger partial charge on any atom is -0.351 e. The number of anilines is 1. The van der Waals surface area contributed by atoms with Gasteiger partial charge in [0.05, 0.1) is 17.3 Å². The molecule has 5 rings (SSSR count). The van der Waals surface area contributed by atoms with Gasteiger partial charge in [-0.3, -0.25) is 4.90 Å². The molecule has 1 N–H and O–H groups in total. The van der Waals surface area contributed by atoms with Crippen LogP contribution in [0.5, 0.6) is 0 Å². The van der Waals surface area contributed by atoms with E-state index in [9.17, 15) is 13.2 Å². The van der Waals surface area contributed by atoms with E-state index in [1.807, 2.05) is 30.3 Å². The molecule has 9 heteroatoms. The van der Waals surface area contributed by atoms with Gasteiger partial charge in [0, 0.05) is 17.3 Å². The van der Waals surface area contributed by atoms with Crippen LogP contribution in [0.1, 0.15) is 24.4 Å². The number of thiocarbonyl (C=S) groups is 1. The van der Waals surface area contributed by atoms with Crippen LogP contribution in [0.4, 0.5) is 18.9 Å². The van der Waals surface area contributed by atoms with Gasteiger partial charge in [-0.1, -0.05) is 47.6 Å². The molecule has 1 atom stereocenters. The van der Waals surface area contributed by atoms with Crippen molar-refractivity contribution >= 4 is 28.6 Å². The molecule has 0 amide bonds. The predicted octanol–water partition coefficient (Wildman–Crippen LogP) is 6.02. The zero-order valence-electron chi connectivity index (χ0n) is 17.8. The van der Waals surface area contributed by atoms with Crippen LogP contribution in [0, 0.1) is 17.5 Å². The van der Waals surface area contributed by atoms with Crippen molar-refractivity contribution in [3.05, 3.63) is 107 Å². The molecule has 0 saturated carbocycles. The van der Waals surface area contributed by atoms with Gasteiger partial charge in [0.25, 0.3) is 5.89 Å². The third-order valence-corrected chi connectivity index (χ3v) is 5.76. The van der Waals surface area contributed by atoms with Crippen LogP contribution in [0.15, 0.2) is 83.0 Å². The zero-order valence-corrected chi connectivity index (χ0v) is 18.6. The van der Waals surface area contributed by atoms with Gasteiger partial charge in [0.15, 0.2) is 5.11 Å². The Bertz CT molecular complexity index is 1400. The molecule has 0 saturated heterocycles. The van der Waals surface area contributed by atoms with Crippen LogP contribution in [0.3, 0.4) is 0 Å². The molecule has 0 spiro atoms. The Morgan fingerprint density at radius 2 is 1.65 bits per heavy atom. The van der Waals surface area contributed by atoms with Crippen LogP contribution in [0.25, 0.3) is 17.0 Å². The Balaban J connectivity index is 1.67. The van der Waals surface area contributed by atoms with Crippen molar-refractivity contribution in [2.75, 3.05) is 4.90 Å². The summed E-state index contributed by atoms with van der Waals surface area (Å²) >= 11 is 5.58. The average molecular weight is 478 g/mol. The van der Waals surface area contributed by atoms with E-state index in [1.54, 1.807) is 19.1 Å². The lowest BCUT2D eigenvalue weighted by molar-refractivity contribution is 0.404. The highest BCUT2D eigenvalue weighted by Crippen LogP contribution is 2.39. The molecule has 170 valence electrons. The fourth-order valence-corrected chi connectivity index (χ4v) is 4.33. The number of halogens is 3. The molecule has 1 unspecified atom stereocenters. The quantitative estimate of drug-likeness (QED) is 0.362. The summed E-state index contributed by atoms with van der Waals surface area (Å²) in [5.41, 5.74) is 2.65. The van der Waals surface area contributed by atoms with Gasteiger partial charge < -0.3 is 9.84 Å². The second-order valence-corrected chi connectivity index (χ2v) is 8.08. The number of hydrogen-bond donors (Lipinski definition) is 1. The van der Waals surface area contributed by atoms with E-state index in [1.165, 1.54) is 29.2 Å². The second-order valence-electron chi connectivity index (χ2n) is 7.69. The lowest BCUT2D eigenvalue weighted by Gasteiger charge is -2.37. The minimum absolute atomic E-state index is 0.169. The summed E-state index contributed by atoms with van der Waals surface area (Å²) in [5.74, 6) is -1.52. The van der Waals surface area contributed by atoms with E-state index in [0.29, 0.717) is 16.8 Å². The summed E-state index contributed by atoms with van der Waals surface area (Å²) in [6, 6.07) is 18.0. The molecule has 2 heterocycles. The Morgan fingerprint density at radius 1 is 0.912 bits per heavy atom. The van der Waals surface area contributed by atoms with Crippen LogP contribution < -0.4 is 10.2 Å². The van der Waals surface area contributed by atoms with Crippen LogP contribution in [-0.4, -0.2) is 15.3 Å². The molecule has 1 aliphatic rings. The fraction of sp³-hybridized carbons (Fsp3) is 0.0800. The third kappa shape index (κ3) is 4.06. The highest BCUT2D eigenvalue weighted by molar-refractivity contribution is 7.80. The zero-order chi connectivity index (χ0) is 23.8. The summed E-state index contributed by atoms with van der Waals surface area (Å²) in [5, 5.41) is 7.50. The molecule has 0 fully saturated rings. The molecule has 0 bridgehead atoms. The number of benzene rings is 3. The Labute approximate surface area is 198 Å². The standard InChI is InChI=1S/C25H17F3N4OS/c1-14-21(24-30-23(31-33-24)16-8-5-9-17(26)10-16)22(15-6-3-2-4-7-15)29-25(34)32(14)20-12-18(27)11-19(28)13-20/h2-13,22H,1H3,(H,29,34). The van der Waals surface area contributed by atoms with Crippen LogP contribution >= 0.6 is 12.2 Å². The minimum atomic E-state index is -0.733. The van der Waals surface area contributed by atoms with Gasteiger partial charge in [-0.25, -0.2) is 13.2 Å². The van der Waals surface area contributed by atoms with E-state index in [4.69, 9.17) is 16.7 Å². The smallest absolute Gasteiger partial charge is 0.258 e. The summed E-state index contributed by atoms with van der Waals surface area (Å²) < 4.78 is 47.3. The van der Waals surface area contributed by atoms with Crippen molar-refractivity contribution in [1.29, 1.82) is 0 Å². The number of rotatable bonds is 4. The Kier molecular flexibility index (Phi) is 5.62. The molecule has 1 aliphatic heterocycles. The molecular formula is C25H17F3N4OS. The van der Waals surface area contributed by atoms with E-state index in [-0.39, 0.29) is 22.5 Å². The molecule has 3 aromatic carbocycles. The number of nitrogens with one attached hydrogen (secondary N) is 1. The van der Waals surface area contributed by atoms with Crippen molar-refractivity contribution in [1.82, 2.24) is 15.5 Å². The van der Waals surface area contributed by atoms with E-state index in [0.717, 1.165) is 11.6 Å². The lowest BCUT2D eigenvalue weighted by Crippen LogP contribution is -2.46. The first-order valence-corrected chi connectivity index (χ1v) is 10.7. The highest BCUT2D eigenvalue weighted by Gasteiger charge is 2.35. The van der Waals surface area contributed by atoms with Gasteiger partial charge >= 0.3 is 0 Å². The first-order chi connectivity index (χ1) is 16.4. The normalized spacial score (nSPS) is 16.1. The molecule has 4 aromatic rings. The summed E-state index contributed by atoms with van der Waals surface area (Å²) in [6.45, 7) is 1.76. The summed E-state index contributed by atoms with van der Waals surface area (Å²) in [6.07, 6.45) is 0. The van der Waals surface area contributed by atoms with Crippen molar-refractivity contribution in [2.24, 2.45) is 0 Å². The Morgan fingerprint density at radius 3 is 2.35 bits per heavy atom. The third-order valence-electron chi connectivity index (χ3n) is 5.46. The van der Waals surface area contributed by atoms with Crippen molar-refractivity contribution in [2.45, 2.75) is 13.0 Å². The van der Waals surface area contributed by atoms with Crippen molar-refractivity contribution < 1.29 is 17.7 Å². The molecule has 0 radical (unpaired) electrons. The van der Waals surface area contributed by atoms with Gasteiger partial charge in [-0.05, 0) is 49.0 Å². The number of hydrogen-bond acceptors (Lipinski definition) is 4. The molecule has 5 nitrogen and oxygen atoms in total. The fourth-order valence-electron chi connectivity index (χ4n) is 3.97. The van der Waals surface area contributed by atoms with Gasteiger partial charge in [-0.2, -0.15) is 4.98 Å². The summed E-state index contributed by atoms with van der Waals surface area (Å²) in [7, 11) is 0. The maximum absolute atomic E-state index is 14.0. The largest absolute Gasteiger partial charge is 0.351 e.